The maximum atomic E-state index is 2.38. The SMILES string of the molecule is CCc1cccc2ccn(Cc3cc(C)ccc3C)c12. The van der Waals surface area contributed by atoms with E-state index < -0.39 is 0 Å². The highest BCUT2D eigenvalue weighted by Gasteiger charge is 2.07. The number of para-hydroxylation sites is 1. The first kappa shape index (κ1) is 13.0. The molecule has 0 amide bonds. The van der Waals surface area contributed by atoms with Gasteiger partial charge in [-0.1, -0.05) is 48.9 Å². The van der Waals surface area contributed by atoms with Gasteiger partial charge in [-0.2, -0.15) is 0 Å². The summed E-state index contributed by atoms with van der Waals surface area (Å²) in [6.45, 7) is 7.54. The molecule has 0 aliphatic heterocycles. The number of aromatic nitrogens is 1. The first-order chi connectivity index (χ1) is 9.69. The molecule has 0 aliphatic rings. The molecule has 0 fully saturated rings. The van der Waals surface area contributed by atoms with Gasteiger partial charge in [-0.3, -0.25) is 0 Å². The van der Waals surface area contributed by atoms with Crippen LogP contribution in [0.1, 0.15) is 29.2 Å². The highest BCUT2D eigenvalue weighted by Crippen LogP contribution is 2.23. The van der Waals surface area contributed by atoms with Gasteiger partial charge in [0.05, 0.1) is 5.52 Å². The third kappa shape index (κ3) is 2.24. The van der Waals surface area contributed by atoms with Crippen molar-refractivity contribution in [3.8, 4) is 0 Å². The van der Waals surface area contributed by atoms with E-state index in [2.05, 4.69) is 74.0 Å². The van der Waals surface area contributed by atoms with Gasteiger partial charge in [-0.15, -0.1) is 0 Å². The second kappa shape index (κ2) is 5.16. The van der Waals surface area contributed by atoms with E-state index in [0.29, 0.717) is 0 Å². The van der Waals surface area contributed by atoms with Crippen LogP contribution in [0.4, 0.5) is 0 Å². The van der Waals surface area contributed by atoms with Crippen molar-refractivity contribution in [3.05, 3.63) is 70.9 Å². The lowest BCUT2D eigenvalue weighted by Crippen LogP contribution is -2.02. The Morgan fingerprint density at radius 1 is 0.950 bits per heavy atom. The molecule has 1 nitrogen and oxygen atoms in total. The number of aryl methyl sites for hydroxylation is 3. The largest absolute Gasteiger partial charge is 0.343 e. The van der Waals surface area contributed by atoms with Gasteiger partial charge in [0.2, 0.25) is 0 Å². The van der Waals surface area contributed by atoms with Crippen molar-refractivity contribution in [2.45, 2.75) is 33.7 Å². The zero-order valence-electron chi connectivity index (χ0n) is 12.5. The minimum absolute atomic E-state index is 0.952. The number of rotatable bonds is 3. The monoisotopic (exact) mass is 263 g/mol. The number of hydrogen-bond acceptors (Lipinski definition) is 0. The molecule has 20 heavy (non-hydrogen) atoms. The Hall–Kier alpha value is -2.02. The van der Waals surface area contributed by atoms with Crippen LogP contribution in [0.25, 0.3) is 10.9 Å². The minimum atomic E-state index is 0.952. The Bertz CT molecular complexity index is 750. The van der Waals surface area contributed by atoms with Gasteiger partial charge in [0.15, 0.2) is 0 Å². The van der Waals surface area contributed by atoms with Crippen molar-refractivity contribution in [1.29, 1.82) is 0 Å². The Morgan fingerprint density at radius 2 is 1.80 bits per heavy atom. The van der Waals surface area contributed by atoms with Crippen molar-refractivity contribution < 1.29 is 0 Å². The molecule has 0 spiro atoms. The highest BCUT2D eigenvalue weighted by molar-refractivity contribution is 5.83. The van der Waals surface area contributed by atoms with Gasteiger partial charge in [-0.25, -0.2) is 0 Å². The van der Waals surface area contributed by atoms with Gasteiger partial charge >= 0.3 is 0 Å². The van der Waals surface area contributed by atoms with E-state index in [0.717, 1.165) is 13.0 Å². The second-order valence-electron chi connectivity index (χ2n) is 5.58. The van der Waals surface area contributed by atoms with Crippen molar-refractivity contribution >= 4 is 10.9 Å². The lowest BCUT2D eigenvalue weighted by Gasteiger charge is -2.12. The molecule has 3 aromatic rings. The van der Waals surface area contributed by atoms with Gasteiger partial charge in [0, 0.05) is 12.7 Å². The van der Waals surface area contributed by atoms with Gasteiger partial charge < -0.3 is 4.57 Å². The van der Waals surface area contributed by atoms with Crippen LogP contribution >= 0.6 is 0 Å². The fourth-order valence-corrected chi connectivity index (χ4v) is 2.91. The lowest BCUT2D eigenvalue weighted by atomic mass is 10.1. The Balaban J connectivity index is 2.09. The lowest BCUT2D eigenvalue weighted by molar-refractivity contribution is 0.824. The number of benzene rings is 2. The third-order valence-electron chi connectivity index (χ3n) is 4.10. The Morgan fingerprint density at radius 3 is 2.60 bits per heavy atom. The maximum absolute atomic E-state index is 2.38. The fourth-order valence-electron chi connectivity index (χ4n) is 2.91. The zero-order valence-corrected chi connectivity index (χ0v) is 12.5. The molecule has 0 aliphatic carbocycles. The van der Waals surface area contributed by atoms with Crippen LogP contribution in [-0.2, 0) is 13.0 Å². The van der Waals surface area contributed by atoms with Crippen LogP contribution in [0, 0.1) is 13.8 Å². The van der Waals surface area contributed by atoms with Crippen molar-refractivity contribution in [2.24, 2.45) is 0 Å². The zero-order chi connectivity index (χ0) is 14.1. The summed E-state index contributed by atoms with van der Waals surface area (Å²) >= 11 is 0. The van der Waals surface area contributed by atoms with E-state index >= 15 is 0 Å². The standard InChI is InChI=1S/C19H21N/c1-4-16-6-5-7-17-10-11-20(19(16)17)13-18-12-14(2)8-9-15(18)3/h5-12H,4,13H2,1-3H3. The van der Waals surface area contributed by atoms with Gasteiger partial charge in [-0.05, 0) is 48.4 Å². The summed E-state index contributed by atoms with van der Waals surface area (Å²) in [5.74, 6) is 0. The van der Waals surface area contributed by atoms with Crippen LogP contribution in [0.5, 0.6) is 0 Å². The summed E-state index contributed by atoms with van der Waals surface area (Å²) in [6, 6.07) is 15.5. The van der Waals surface area contributed by atoms with Crippen LogP contribution in [0.15, 0.2) is 48.7 Å². The van der Waals surface area contributed by atoms with E-state index in [-0.39, 0.29) is 0 Å². The maximum Gasteiger partial charge on any atom is 0.0515 e. The molecule has 0 atom stereocenters. The molecule has 3 rings (SSSR count). The fraction of sp³-hybridized carbons (Fsp3) is 0.263. The Kier molecular flexibility index (Phi) is 3.35. The minimum Gasteiger partial charge on any atom is -0.343 e. The smallest absolute Gasteiger partial charge is 0.0515 e. The highest BCUT2D eigenvalue weighted by atomic mass is 15.0. The number of fused-ring (bicyclic) bond motifs is 1. The molecular weight excluding hydrogens is 242 g/mol. The molecule has 1 heteroatoms. The van der Waals surface area contributed by atoms with Crippen molar-refractivity contribution in [1.82, 2.24) is 4.57 Å². The number of nitrogens with zero attached hydrogens (tertiary/aromatic N) is 1. The van der Waals surface area contributed by atoms with Crippen molar-refractivity contribution in [3.63, 3.8) is 0 Å². The summed E-state index contributed by atoms with van der Waals surface area (Å²) < 4.78 is 2.38. The van der Waals surface area contributed by atoms with Gasteiger partial charge in [0.25, 0.3) is 0 Å². The molecule has 0 radical (unpaired) electrons. The van der Waals surface area contributed by atoms with Crippen LogP contribution in [-0.4, -0.2) is 4.57 Å². The molecule has 2 aromatic carbocycles. The normalized spacial score (nSPS) is 11.2. The first-order valence-electron chi connectivity index (χ1n) is 7.32. The van der Waals surface area contributed by atoms with E-state index in [1.54, 1.807) is 0 Å². The summed E-state index contributed by atoms with van der Waals surface area (Å²) in [6.07, 6.45) is 3.29. The van der Waals surface area contributed by atoms with Crippen molar-refractivity contribution in [2.75, 3.05) is 0 Å². The molecule has 0 saturated heterocycles. The van der Waals surface area contributed by atoms with E-state index in [9.17, 15) is 0 Å². The number of hydrogen-bond donors (Lipinski definition) is 0. The molecular formula is C19H21N. The quantitative estimate of drug-likeness (QED) is 0.635. The van der Waals surface area contributed by atoms with Crippen LogP contribution in [0.3, 0.4) is 0 Å². The second-order valence-corrected chi connectivity index (χ2v) is 5.58. The third-order valence-corrected chi connectivity index (χ3v) is 4.10. The molecule has 102 valence electrons. The molecule has 0 bridgehead atoms. The summed E-state index contributed by atoms with van der Waals surface area (Å²) in [5, 5.41) is 1.34. The van der Waals surface area contributed by atoms with E-state index in [4.69, 9.17) is 0 Å². The average Bonchev–Trinajstić information content (AvgIpc) is 2.86. The summed E-state index contributed by atoms with van der Waals surface area (Å²) in [5.41, 5.74) is 6.92. The molecule has 0 N–H and O–H groups in total. The van der Waals surface area contributed by atoms with Gasteiger partial charge in [0.1, 0.15) is 0 Å². The molecule has 0 saturated carbocycles. The molecule has 1 aromatic heterocycles. The van der Waals surface area contributed by atoms with Crippen LogP contribution < -0.4 is 0 Å². The predicted octanol–water partition coefficient (Wildman–Crippen LogP) is 4.87. The average molecular weight is 263 g/mol. The van der Waals surface area contributed by atoms with Crippen LogP contribution in [0.2, 0.25) is 0 Å². The predicted molar refractivity (Wildman–Crippen MR) is 86.3 cm³/mol. The first-order valence-corrected chi connectivity index (χ1v) is 7.32. The molecule has 0 unspecified atom stereocenters. The van der Waals surface area contributed by atoms with E-state index in [1.165, 1.54) is 33.2 Å². The van der Waals surface area contributed by atoms with E-state index in [1.807, 2.05) is 0 Å². The summed E-state index contributed by atoms with van der Waals surface area (Å²) in [4.78, 5) is 0. The topological polar surface area (TPSA) is 4.93 Å². The summed E-state index contributed by atoms with van der Waals surface area (Å²) in [7, 11) is 0. The Labute approximate surface area is 120 Å². The molecule has 1 heterocycles.